The molecule has 3 rings (SSSR count). The van der Waals surface area contributed by atoms with Crippen LogP contribution in [0.3, 0.4) is 0 Å². The Kier molecular flexibility index (Phi) is 2.25. The van der Waals surface area contributed by atoms with Crippen molar-refractivity contribution in [2.45, 2.75) is 31.7 Å². The summed E-state index contributed by atoms with van der Waals surface area (Å²) in [6, 6.07) is 0.309. The number of fused-ring (bicyclic) bond motifs is 1. The lowest BCUT2D eigenvalue weighted by atomic mass is 9.79. The Hall–Kier alpha value is -0.870. The van der Waals surface area contributed by atoms with Gasteiger partial charge >= 0.3 is 0 Å². The summed E-state index contributed by atoms with van der Waals surface area (Å²) in [7, 11) is 0. The number of imidazole rings is 1. The SMILES string of the molecule is NC(Cc1cn2ccsc2n1)C1CCC1. The van der Waals surface area contributed by atoms with Crippen molar-refractivity contribution in [2.24, 2.45) is 11.7 Å². The van der Waals surface area contributed by atoms with Gasteiger partial charge in [-0.2, -0.15) is 0 Å². The van der Waals surface area contributed by atoms with Crippen LogP contribution >= 0.6 is 11.3 Å². The molecule has 1 fully saturated rings. The van der Waals surface area contributed by atoms with Crippen LogP contribution in [0.2, 0.25) is 0 Å². The van der Waals surface area contributed by atoms with Crippen LogP contribution in [0.25, 0.3) is 4.96 Å². The summed E-state index contributed by atoms with van der Waals surface area (Å²) < 4.78 is 2.08. The minimum Gasteiger partial charge on any atom is -0.327 e. The van der Waals surface area contributed by atoms with E-state index in [1.165, 1.54) is 19.3 Å². The number of nitrogens with zero attached hydrogens (tertiary/aromatic N) is 2. The molecule has 0 aliphatic heterocycles. The van der Waals surface area contributed by atoms with Gasteiger partial charge in [-0.3, -0.25) is 4.40 Å². The first-order valence-electron chi connectivity index (χ1n) is 5.49. The molecule has 1 saturated carbocycles. The molecule has 0 radical (unpaired) electrons. The van der Waals surface area contributed by atoms with Gasteiger partial charge in [0.2, 0.25) is 0 Å². The van der Waals surface area contributed by atoms with Gasteiger partial charge in [-0.05, 0) is 18.8 Å². The zero-order valence-electron chi connectivity index (χ0n) is 8.60. The highest BCUT2D eigenvalue weighted by Crippen LogP contribution is 2.30. The number of hydrogen-bond donors (Lipinski definition) is 1. The lowest BCUT2D eigenvalue weighted by Crippen LogP contribution is -2.36. The van der Waals surface area contributed by atoms with Crippen molar-refractivity contribution in [2.75, 3.05) is 0 Å². The molecule has 0 amide bonds. The number of rotatable bonds is 3. The van der Waals surface area contributed by atoms with Gasteiger partial charge < -0.3 is 5.73 Å². The van der Waals surface area contributed by atoms with Crippen molar-refractivity contribution in [3.05, 3.63) is 23.5 Å². The normalized spacial score (nSPS) is 19.3. The first kappa shape index (κ1) is 9.36. The minimum atomic E-state index is 0.309. The molecule has 0 spiro atoms. The Balaban J connectivity index is 1.74. The zero-order chi connectivity index (χ0) is 10.3. The van der Waals surface area contributed by atoms with Gasteiger partial charge in [0, 0.05) is 30.2 Å². The molecule has 15 heavy (non-hydrogen) atoms. The molecule has 3 nitrogen and oxygen atoms in total. The van der Waals surface area contributed by atoms with E-state index in [9.17, 15) is 0 Å². The average molecular weight is 221 g/mol. The van der Waals surface area contributed by atoms with Crippen LogP contribution in [-0.4, -0.2) is 15.4 Å². The van der Waals surface area contributed by atoms with Gasteiger partial charge in [-0.1, -0.05) is 6.42 Å². The number of thiazole rings is 1. The highest BCUT2D eigenvalue weighted by atomic mass is 32.1. The van der Waals surface area contributed by atoms with E-state index in [0.717, 1.165) is 23.0 Å². The molecule has 2 heterocycles. The van der Waals surface area contributed by atoms with Crippen LogP contribution in [-0.2, 0) is 6.42 Å². The third-order valence-corrected chi connectivity index (χ3v) is 4.11. The van der Waals surface area contributed by atoms with E-state index in [1.807, 2.05) is 6.20 Å². The lowest BCUT2D eigenvalue weighted by Gasteiger charge is -2.30. The van der Waals surface area contributed by atoms with Crippen LogP contribution < -0.4 is 5.73 Å². The summed E-state index contributed by atoms with van der Waals surface area (Å²) in [5.74, 6) is 0.740. The molecule has 4 heteroatoms. The highest BCUT2D eigenvalue weighted by Gasteiger charge is 2.24. The number of hydrogen-bond acceptors (Lipinski definition) is 3. The Morgan fingerprint density at radius 3 is 3.13 bits per heavy atom. The fraction of sp³-hybridized carbons (Fsp3) is 0.545. The van der Waals surface area contributed by atoms with E-state index in [4.69, 9.17) is 5.73 Å². The van der Waals surface area contributed by atoms with Crippen molar-refractivity contribution in [3.63, 3.8) is 0 Å². The quantitative estimate of drug-likeness (QED) is 0.862. The fourth-order valence-electron chi connectivity index (χ4n) is 2.15. The van der Waals surface area contributed by atoms with Crippen molar-refractivity contribution in [1.29, 1.82) is 0 Å². The Morgan fingerprint density at radius 1 is 1.60 bits per heavy atom. The molecule has 0 bridgehead atoms. The van der Waals surface area contributed by atoms with Crippen molar-refractivity contribution in [3.8, 4) is 0 Å². The second kappa shape index (κ2) is 3.61. The predicted octanol–water partition coefficient (Wildman–Crippen LogP) is 2.07. The number of nitrogens with two attached hydrogens (primary N) is 1. The third kappa shape index (κ3) is 1.68. The molecule has 2 N–H and O–H groups in total. The van der Waals surface area contributed by atoms with Gasteiger partial charge in [-0.15, -0.1) is 11.3 Å². The standard InChI is InChI=1S/C11H15N3S/c12-10(8-2-1-3-8)6-9-7-14-4-5-15-11(14)13-9/h4-5,7-8,10H,1-3,6,12H2. The van der Waals surface area contributed by atoms with E-state index in [1.54, 1.807) is 11.3 Å². The first-order chi connectivity index (χ1) is 7.33. The summed E-state index contributed by atoms with van der Waals surface area (Å²) in [5, 5.41) is 2.05. The van der Waals surface area contributed by atoms with E-state index < -0.39 is 0 Å². The maximum Gasteiger partial charge on any atom is 0.193 e. The second-order valence-electron chi connectivity index (χ2n) is 4.38. The second-order valence-corrected chi connectivity index (χ2v) is 5.26. The largest absolute Gasteiger partial charge is 0.327 e. The van der Waals surface area contributed by atoms with E-state index >= 15 is 0 Å². The van der Waals surface area contributed by atoms with Crippen molar-refractivity contribution in [1.82, 2.24) is 9.38 Å². The Morgan fingerprint density at radius 2 is 2.47 bits per heavy atom. The molecular weight excluding hydrogens is 206 g/mol. The Labute approximate surface area is 92.9 Å². The van der Waals surface area contributed by atoms with E-state index in [2.05, 4.69) is 21.0 Å². The van der Waals surface area contributed by atoms with Gasteiger partial charge in [0.25, 0.3) is 0 Å². The number of aromatic nitrogens is 2. The van der Waals surface area contributed by atoms with E-state index in [0.29, 0.717) is 6.04 Å². The molecule has 1 unspecified atom stereocenters. The van der Waals surface area contributed by atoms with Crippen LogP contribution in [0.15, 0.2) is 17.8 Å². The van der Waals surface area contributed by atoms with Crippen LogP contribution in [0.5, 0.6) is 0 Å². The predicted molar refractivity (Wildman–Crippen MR) is 62.1 cm³/mol. The summed E-state index contributed by atoms with van der Waals surface area (Å²) in [6.07, 6.45) is 9.05. The first-order valence-corrected chi connectivity index (χ1v) is 6.37. The highest BCUT2D eigenvalue weighted by molar-refractivity contribution is 7.15. The van der Waals surface area contributed by atoms with Crippen molar-refractivity contribution < 1.29 is 0 Å². The molecule has 2 aromatic heterocycles. The molecule has 0 saturated heterocycles. The summed E-state index contributed by atoms with van der Waals surface area (Å²) in [6.45, 7) is 0. The smallest absolute Gasteiger partial charge is 0.193 e. The summed E-state index contributed by atoms with van der Waals surface area (Å²) in [5.41, 5.74) is 7.30. The monoisotopic (exact) mass is 221 g/mol. The fourth-order valence-corrected chi connectivity index (χ4v) is 2.87. The maximum atomic E-state index is 6.16. The zero-order valence-corrected chi connectivity index (χ0v) is 9.41. The summed E-state index contributed by atoms with van der Waals surface area (Å²) in [4.78, 5) is 5.63. The minimum absolute atomic E-state index is 0.309. The summed E-state index contributed by atoms with van der Waals surface area (Å²) >= 11 is 1.67. The van der Waals surface area contributed by atoms with Gasteiger partial charge in [0.1, 0.15) is 0 Å². The molecule has 1 aliphatic carbocycles. The molecule has 2 aromatic rings. The van der Waals surface area contributed by atoms with Gasteiger partial charge in [-0.25, -0.2) is 4.98 Å². The topological polar surface area (TPSA) is 43.3 Å². The molecule has 1 aliphatic rings. The third-order valence-electron chi connectivity index (χ3n) is 3.34. The Bertz CT molecular complexity index is 427. The van der Waals surface area contributed by atoms with Crippen LogP contribution in [0.4, 0.5) is 0 Å². The van der Waals surface area contributed by atoms with E-state index in [-0.39, 0.29) is 0 Å². The molecule has 1 atom stereocenters. The van der Waals surface area contributed by atoms with Gasteiger partial charge in [0.05, 0.1) is 5.69 Å². The molecule has 80 valence electrons. The molecular formula is C11H15N3S. The molecule has 0 aromatic carbocycles. The van der Waals surface area contributed by atoms with Crippen LogP contribution in [0, 0.1) is 5.92 Å². The van der Waals surface area contributed by atoms with Gasteiger partial charge in [0.15, 0.2) is 4.96 Å². The van der Waals surface area contributed by atoms with Crippen molar-refractivity contribution >= 4 is 16.3 Å². The van der Waals surface area contributed by atoms with Crippen LogP contribution in [0.1, 0.15) is 25.0 Å². The average Bonchev–Trinajstić information content (AvgIpc) is 2.58. The maximum absolute atomic E-state index is 6.16. The lowest BCUT2D eigenvalue weighted by molar-refractivity contribution is 0.259.